The second-order valence-electron chi connectivity index (χ2n) is 3.91. The van der Waals surface area contributed by atoms with Crippen LogP contribution in [0.1, 0.15) is 38.5 Å². The fourth-order valence-corrected chi connectivity index (χ4v) is 2.33. The molecule has 0 bridgehead atoms. The topological polar surface area (TPSA) is 35.0 Å². The van der Waals surface area contributed by atoms with Gasteiger partial charge in [-0.25, -0.2) is 9.97 Å². The van der Waals surface area contributed by atoms with Gasteiger partial charge in [0.25, 0.3) is 0 Å². The first-order valence-corrected chi connectivity index (χ1v) is 6.56. The molecule has 0 amide bonds. The Bertz CT molecular complexity index is 311. The second kappa shape index (κ2) is 5.63. The van der Waals surface area contributed by atoms with Crippen molar-refractivity contribution in [2.24, 2.45) is 0 Å². The Morgan fingerprint density at radius 2 is 1.93 bits per heavy atom. The Kier molecular flexibility index (Phi) is 4.17. The van der Waals surface area contributed by atoms with Crippen LogP contribution in [0.15, 0.2) is 12.5 Å². The molecule has 82 valence electrons. The molecule has 4 heteroatoms. The number of halogens is 1. The van der Waals surface area contributed by atoms with E-state index < -0.39 is 0 Å². The average molecular weight is 318 g/mol. The van der Waals surface area contributed by atoms with Crippen LogP contribution in [0, 0.1) is 3.57 Å². The van der Waals surface area contributed by atoms with Crippen LogP contribution in [0.4, 0.5) is 0 Å². The highest BCUT2D eigenvalue weighted by Gasteiger charge is 2.15. The van der Waals surface area contributed by atoms with E-state index in [9.17, 15) is 0 Å². The van der Waals surface area contributed by atoms with Crippen molar-refractivity contribution in [1.29, 1.82) is 0 Å². The third-order valence-corrected chi connectivity index (χ3v) is 3.45. The van der Waals surface area contributed by atoms with Gasteiger partial charge >= 0.3 is 0 Å². The second-order valence-corrected chi connectivity index (χ2v) is 5.07. The number of ether oxygens (including phenoxy) is 1. The fourth-order valence-electron chi connectivity index (χ4n) is 1.91. The summed E-state index contributed by atoms with van der Waals surface area (Å²) in [5, 5.41) is 0. The molecule has 0 aromatic carbocycles. The molecule has 0 atom stereocenters. The molecule has 0 N–H and O–H groups in total. The summed E-state index contributed by atoms with van der Waals surface area (Å²) in [5.74, 6) is 0.748. The predicted octanol–water partition coefficient (Wildman–Crippen LogP) is 3.18. The van der Waals surface area contributed by atoms with Gasteiger partial charge in [-0.3, -0.25) is 0 Å². The monoisotopic (exact) mass is 318 g/mol. The zero-order valence-electron chi connectivity index (χ0n) is 8.66. The quantitative estimate of drug-likeness (QED) is 0.620. The van der Waals surface area contributed by atoms with E-state index in [0.29, 0.717) is 6.10 Å². The molecule has 15 heavy (non-hydrogen) atoms. The van der Waals surface area contributed by atoms with Crippen molar-refractivity contribution in [2.45, 2.75) is 44.6 Å². The van der Waals surface area contributed by atoms with Crippen molar-refractivity contribution in [3.05, 3.63) is 16.1 Å². The normalized spacial score (nSPS) is 18.5. The minimum Gasteiger partial charge on any atom is -0.474 e. The van der Waals surface area contributed by atoms with Crippen molar-refractivity contribution in [3.63, 3.8) is 0 Å². The number of hydrogen-bond donors (Lipinski definition) is 0. The van der Waals surface area contributed by atoms with E-state index in [2.05, 4.69) is 32.6 Å². The Labute approximate surface area is 104 Å². The van der Waals surface area contributed by atoms with Crippen molar-refractivity contribution in [2.75, 3.05) is 0 Å². The van der Waals surface area contributed by atoms with Gasteiger partial charge in [0, 0.05) is 6.20 Å². The largest absolute Gasteiger partial charge is 0.474 e. The Morgan fingerprint density at radius 3 is 2.60 bits per heavy atom. The first-order chi connectivity index (χ1) is 7.36. The molecule has 3 nitrogen and oxygen atoms in total. The van der Waals surface area contributed by atoms with Crippen LogP contribution >= 0.6 is 22.6 Å². The molecular formula is C11H15IN2O. The molecule has 2 rings (SSSR count). The number of nitrogens with zero attached hydrogens (tertiary/aromatic N) is 2. The summed E-state index contributed by atoms with van der Waals surface area (Å²) in [6.45, 7) is 0. The zero-order chi connectivity index (χ0) is 10.5. The smallest absolute Gasteiger partial charge is 0.230 e. The van der Waals surface area contributed by atoms with Crippen LogP contribution in [0.3, 0.4) is 0 Å². The summed E-state index contributed by atoms with van der Waals surface area (Å²) >= 11 is 2.22. The lowest BCUT2D eigenvalue weighted by molar-refractivity contribution is 0.174. The van der Waals surface area contributed by atoms with Gasteiger partial charge in [0.2, 0.25) is 5.88 Å². The summed E-state index contributed by atoms with van der Waals surface area (Å²) in [5.41, 5.74) is 0. The molecule has 0 unspecified atom stereocenters. The minimum atomic E-state index is 0.357. The van der Waals surface area contributed by atoms with Gasteiger partial charge in [-0.05, 0) is 48.3 Å². The maximum Gasteiger partial charge on any atom is 0.230 e. The lowest BCUT2D eigenvalue weighted by Gasteiger charge is -2.16. The first kappa shape index (κ1) is 11.1. The van der Waals surface area contributed by atoms with Gasteiger partial charge in [-0.15, -0.1) is 0 Å². The number of rotatable bonds is 2. The van der Waals surface area contributed by atoms with Crippen LogP contribution in [-0.4, -0.2) is 16.1 Å². The third-order valence-electron chi connectivity index (χ3n) is 2.71. The summed E-state index contributed by atoms with van der Waals surface area (Å²) in [6.07, 6.45) is 11.3. The summed E-state index contributed by atoms with van der Waals surface area (Å²) in [4.78, 5) is 8.12. The highest BCUT2D eigenvalue weighted by Crippen LogP contribution is 2.23. The predicted molar refractivity (Wildman–Crippen MR) is 66.9 cm³/mol. The van der Waals surface area contributed by atoms with E-state index in [1.54, 1.807) is 12.5 Å². The Balaban J connectivity index is 1.98. The Hall–Kier alpha value is -0.390. The van der Waals surface area contributed by atoms with E-state index in [1.165, 1.54) is 38.5 Å². The van der Waals surface area contributed by atoms with Gasteiger partial charge in [-0.1, -0.05) is 12.8 Å². The molecule has 1 heterocycles. The molecule has 0 aliphatic heterocycles. The molecular weight excluding hydrogens is 303 g/mol. The summed E-state index contributed by atoms with van der Waals surface area (Å²) < 4.78 is 6.91. The van der Waals surface area contributed by atoms with Crippen LogP contribution in [0.2, 0.25) is 0 Å². The van der Waals surface area contributed by atoms with E-state index in [-0.39, 0.29) is 0 Å². The molecule has 1 aromatic heterocycles. The maximum atomic E-state index is 5.91. The highest BCUT2D eigenvalue weighted by molar-refractivity contribution is 14.1. The average Bonchev–Trinajstić information content (AvgIpc) is 2.50. The summed E-state index contributed by atoms with van der Waals surface area (Å²) in [6, 6.07) is 0. The molecule has 1 aliphatic carbocycles. The lowest BCUT2D eigenvalue weighted by atomic mass is 10.1. The van der Waals surface area contributed by atoms with Crippen LogP contribution in [0.25, 0.3) is 0 Å². The van der Waals surface area contributed by atoms with E-state index in [0.717, 1.165) is 9.45 Å². The minimum absolute atomic E-state index is 0.357. The molecule has 1 aliphatic rings. The van der Waals surface area contributed by atoms with Crippen LogP contribution in [0.5, 0.6) is 5.88 Å². The van der Waals surface area contributed by atoms with E-state index in [1.807, 2.05) is 0 Å². The van der Waals surface area contributed by atoms with E-state index >= 15 is 0 Å². The molecule has 1 aromatic rings. The standard InChI is InChI=1S/C11H15IN2O/c12-10-7-13-8-14-11(10)15-9-5-3-1-2-4-6-9/h7-9H,1-6H2. The van der Waals surface area contributed by atoms with Crippen LogP contribution < -0.4 is 4.74 Å². The SMILES string of the molecule is Ic1cncnc1OC1CCCCCC1. The number of aromatic nitrogens is 2. The van der Waals surface area contributed by atoms with Crippen molar-refractivity contribution in [3.8, 4) is 5.88 Å². The zero-order valence-corrected chi connectivity index (χ0v) is 10.8. The van der Waals surface area contributed by atoms with Gasteiger partial charge < -0.3 is 4.74 Å². The molecule has 1 saturated carbocycles. The van der Waals surface area contributed by atoms with Gasteiger partial charge in [-0.2, -0.15) is 0 Å². The molecule has 0 saturated heterocycles. The van der Waals surface area contributed by atoms with E-state index in [4.69, 9.17) is 4.74 Å². The van der Waals surface area contributed by atoms with Gasteiger partial charge in [0.15, 0.2) is 0 Å². The van der Waals surface area contributed by atoms with Gasteiger partial charge in [0.1, 0.15) is 12.4 Å². The van der Waals surface area contributed by atoms with Crippen LogP contribution in [-0.2, 0) is 0 Å². The number of hydrogen-bond acceptors (Lipinski definition) is 3. The molecule has 0 radical (unpaired) electrons. The lowest BCUT2D eigenvalue weighted by Crippen LogP contribution is -2.16. The molecule has 0 spiro atoms. The third kappa shape index (κ3) is 3.29. The molecule has 1 fully saturated rings. The van der Waals surface area contributed by atoms with Crippen molar-refractivity contribution < 1.29 is 4.74 Å². The highest BCUT2D eigenvalue weighted by atomic mass is 127. The fraction of sp³-hybridized carbons (Fsp3) is 0.636. The maximum absolute atomic E-state index is 5.91. The Morgan fingerprint density at radius 1 is 1.20 bits per heavy atom. The van der Waals surface area contributed by atoms with Gasteiger partial charge in [0.05, 0.1) is 3.57 Å². The van der Waals surface area contributed by atoms with Crippen molar-refractivity contribution >= 4 is 22.6 Å². The van der Waals surface area contributed by atoms with Crippen molar-refractivity contribution in [1.82, 2.24) is 9.97 Å². The summed E-state index contributed by atoms with van der Waals surface area (Å²) in [7, 11) is 0. The first-order valence-electron chi connectivity index (χ1n) is 5.48.